The van der Waals surface area contributed by atoms with Gasteiger partial charge >= 0.3 is 0 Å². The second-order valence-corrected chi connectivity index (χ2v) is 4.34. The summed E-state index contributed by atoms with van der Waals surface area (Å²) < 4.78 is 0. The van der Waals surface area contributed by atoms with Crippen LogP contribution in [0.15, 0.2) is 5.38 Å². The van der Waals surface area contributed by atoms with Crippen molar-refractivity contribution < 1.29 is 0 Å². The zero-order valence-corrected chi connectivity index (χ0v) is 8.37. The molecule has 1 saturated carbocycles. The molecule has 1 fully saturated rings. The Labute approximate surface area is 77.0 Å². The van der Waals surface area contributed by atoms with Crippen LogP contribution < -0.4 is 5.32 Å². The first kappa shape index (κ1) is 8.20. The van der Waals surface area contributed by atoms with Gasteiger partial charge in [0.05, 0.1) is 5.54 Å². The first-order chi connectivity index (χ1) is 5.77. The number of aryl methyl sites for hydroxylation is 1. The Morgan fingerprint density at radius 1 is 1.58 bits per heavy atom. The summed E-state index contributed by atoms with van der Waals surface area (Å²) >= 11 is 1.78. The SMILES string of the molecule is CNC1(c2nc(C)cs2)CCC1. The van der Waals surface area contributed by atoms with E-state index < -0.39 is 0 Å². The molecule has 0 saturated heterocycles. The Morgan fingerprint density at radius 3 is 2.67 bits per heavy atom. The molecule has 3 heteroatoms. The van der Waals surface area contributed by atoms with Crippen LogP contribution in [0.1, 0.15) is 30.0 Å². The number of nitrogens with zero attached hydrogens (tertiary/aromatic N) is 1. The van der Waals surface area contributed by atoms with Gasteiger partial charge in [-0.25, -0.2) is 4.98 Å². The fourth-order valence-corrected chi connectivity index (χ4v) is 2.74. The standard InChI is InChI=1S/C9H14N2S/c1-7-6-12-8(11-7)9(10-2)4-3-5-9/h6,10H,3-5H2,1-2H3. The molecule has 12 heavy (non-hydrogen) atoms. The Hall–Kier alpha value is -0.410. The van der Waals surface area contributed by atoms with Crippen molar-refractivity contribution in [3.8, 4) is 0 Å². The maximum Gasteiger partial charge on any atom is 0.113 e. The third kappa shape index (κ3) is 1.08. The van der Waals surface area contributed by atoms with Gasteiger partial charge in [-0.05, 0) is 33.2 Å². The molecule has 1 aromatic heterocycles. The van der Waals surface area contributed by atoms with Crippen LogP contribution in [0.4, 0.5) is 0 Å². The summed E-state index contributed by atoms with van der Waals surface area (Å²) in [6.45, 7) is 2.06. The van der Waals surface area contributed by atoms with Gasteiger partial charge in [0.15, 0.2) is 0 Å². The lowest BCUT2D eigenvalue weighted by molar-refractivity contribution is 0.200. The molecule has 1 aromatic rings. The van der Waals surface area contributed by atoms with E-state index in [1.54, 1.807) is 11.3 Å². The van der Waals surface area contributed by atoms with E-state index in [-0.39, 0.29) is 5.54 Å². The maximum atomic E-state index is 4.53. The molecule has 2 nitrogen and oxygen atoms in total. The average molecular weight is 182 g/mol. The monoisotopic (exact) mass is 182 g/mol. The van der Waals surface area contributed by atoms with E-state index in [1.165, 1.54) is 24.3 Å². The number of rotatable bonds is 2. The summed E-state index contributed by atoms with van der Waals surface area (Å²) in [5.74, 6) is 0. The van der Waals surface area contributed by atoms with Gasteiger partial charge in [0, 0.05) is 11.1 Å². The highest BCUT2D eigenvalue weighted by molar-refractivity contribution is 7.09. The minimum Gasteiger partial charge on any atom is -0.308 e. The van der Waals surface area contributed by atoms with Crippen LogP contribution in [-0.4, -0.2) is 12.0 Å². The van der Waals surface area contributed by atoms with Crippen LogP contribution in [-0.2, 0) is 5.54 Å². The van der Waals surface area contributed by atoms with Crippen molar-refractivity contribution in [2.45, 2.75) is 31.7 Å². The largest absolute Gasteiger partial charge is 0.308 e. The lowest BCUT2D eigenvalue weighted by atomic mass is 9.77. The number of nitrogens with one attached hydrogen (secondary N) is 1. The van der Waals surface area contributed by atoms with Gasteiger partial charge in [-0.15, -0.1) is 11.3 Å². The highest BCUT2D eigenvalue weighted by Crippen LogP contribution is 2.41. The second kappa shape index (κ2) is 2.82. The van der Waals surface area contributed by atoms with Crippen LogP contribution >= 0.6 is 11.3 Å². The van der Waals surface area contributed by atoms with Crippen LogP contribution in [0.3, 0.4) is 0 Å². The summed E-state index contributed by atoms with van der Waals surface area (Å²) in [5, 5.41) is 6.80. The van der Waals surface area contributed by atoms with Crippen LogP contribution in [0.5, 0.6) is 0 Å². The number of hydrogen-bond donors (Lipinski definition) is 1. The van der Waals surface area contributed by atoms with Crippen molar-refractivity contribution in [2.24, 2.45) is 0 Å². The zero-order valence-electron chi connectivity index (χ0n) is 7.55. The van der Waals surface area contributed by atoms with Crippen molar-refractivity contribution in [2.75, 3.05) is 7.05 Å². The first-order valence-electron chi connectivity index (χ1n) is 4.38. The Morgan fingerprint density at radius 2 is 2.33 bits per heavy atom. The van der Waals surface area contributed by atoms with Gasteiger partial charge in [-0.2, -0.15) is 0 Å². The predicted molar refractivity (Wildman–Crippen MR) is 51.4 cm³/mol. The molecule has 2 rings (SSSR count). The van der Waals surface area contributed by atoms with Gasteiger partial charge in [0.25, 0.3) is 0 Å². The molecule has 0 radical (unpaired) electrons. The van der Waals surface area contributed by atoms with E-state index in [1.807, 2.05) is 7.05 Å². The van der Waals surface area contributed by atoms with Gasteiger partial charge in [-0.1, -0.05) is 0 Å². The molecule has 0 amide bonds. The van der Waals surface area contributed by atoms with Crippen molar-refractivity contribution in [1.82, 2.24) is 10.3 Å². The molecule has 0 aromatic carbocycles. The highest BCUT2D eigenvalue weighted by atomic mass is 32.1. The highest BCUT2D eigenvalue weighted by Gasteiger charge is 2.39. The number of aromatic nitrogens is 1. The van der Waals surface area contributed by atoms with E-state index in [9.17, 15) is 0 Å². The quantitative estimate of drug-likeness (QED) is 0.757. The molecule has 1 N–H and O–H groups in total. The third-order valence-corrected chi connectivity index (χ3v) is 3.88. The molecule has 1 aliphatic rings. The molecule has 66 valence electrons. The predicted octanol–water partition coefficient (Wildman–Crippen LogP) is 2.05. The summed E-state index contributed by atoms with van der Waals surface area (Å²) in [4.78, 5) is 4.53. The minimum atomic E-state index is 0.235. The lowest BCUT2D eigenvalue weighted by Gasteiger charge is -2.39. The zero-order chi connectivity index (χ0) is 8.60. The van der Waals surface area contributed by atoms with Crippen LogP contribution in [0.2, 0.25) is 0 Å². The minimum absolute atomic E-state index is 0.235. The molecule has 0 spiro atoms. The topological polar surface area (TPSA) is 24.9 Å². The molecule has 1 heterocycles. The van der Waals surface area contributed by atoms with E-state index in [0.29, 0.717) is 0 Å². The summed E-state index contributed by atoms with van der Waals surface area (Å²) in [6.07, 6.45) is 3.83. The summed E-state index contributed by atoms with van der Waals surface area (Å²) in [7, 11) is 2.04. The van der Waals surface area contributed by atoms with Gasteiger partial charge < -0.3 is 5.32 Å². The fraction of sp³-hybridized carbons (Fsp3) is 0.667. The molecule has 1 aliphatic carbocycles. The van der Waals surface area contributed by atoms with E-state index >= 15 is 0 Å². The molecule has 0 unspecified atom stereocenters. The van der Waals surface area contributed by atoms with Gasteiger partial charge in [-0.3, -0.25) is 0 Å². The van der Waals surface area contributed by atoms with Crippen molar-refractivity contribution in [3.63, 3.8) is 0 Å². The molecular weight excluding hydrogens is 168 g/mol. The lowest BCUT2D eigenvalue weighted by Crippen LogP contribution is -2.45. The maximum absolute atomic E-state index is 4.53. The van der Waals surface area contributed by atoms with Crippen LogP contribution in [0.25, 0.3) is 0 Å². The van der Waals surface area contributed by atoms with E-state index in [4.69, 9.17) is 0 Å². The third-order valence-electron chi connectivity index (χ3n) is 2.71. The Bertz CT molecular complexity index is 270. The smallest absolute Gasteiger partial charge is 0.113 e. The van der Waals surface area contributed by atoms with Gasteiger partial charge in [0.1, 0.15) is 5.01 Å². The summed E-state index contributed by atoms with van der Waals surface area (Å²) in [6, 6.07) is 0. The Balaban J connectivity index is 2.27. The first-order valence-corrected chi connectivity index (χ1v) is 5.26. The van der Waals surface area contributed by atoms with E-state index in [0.717, 1.165) is 5.69 Å². The second-order valence-electron chi connectivity index (χ2n) is 3.48. The normalized spacial score (nSPS) is 20.5. The van der Waals surface area contributed by atoms with E-state index in [2.05, 4.69) is 22.6 Å². The molecule has 0 atom stereocenters. The molecular formula is C9H14N2S. The fourth-order valence-electron chi connectivity index (χ4n) is 1.67. The molecule has 0 aliphatic heterocycles. The molecule has 0 bridgehead atoms. The summed E-state index contributed by atoms with van der Waals surface area (Å²) in [5.41, 5.74) is 1.38. The van der Waals surface area contributed by atoms with Crippen molar-refractivity contribution >= 4 is 11.3 Å². The Kier molecular flexibility index (Phi) is 1.93. The average Bonchev–Trinajstić information content (AvgIpc) is 2.35. The number of hydrogen-bond acceptors (Lipinski definition) is 3. The van der Waals surface area contributed by atoms with Crippen molar-refractivity contribution in [1.29, 1.82) is 0 Å². The van der Waals surface area contributed by atoms with Crippen LogP contribution in [0, 0.1) is 6.92 Å². The number of thiazole rings is 1. The van der Waals surface area contributed by atoms with Gasteiger partial charge in [0.2, 0.25) is 0 Å². The van der Waals surface area contributed by atoms with Crippen molar-refractivity contribution in [3.05, 3.63) is 16.1 Å².